The lowest BCUT2D eigenvalue weighted by molar-refractivity contribution is -0.137. The van der Waals surface area contributed by atoms with Crippen LogP contribution in [0.1, 0.15) is 57.5 Å². The fourth-order valence-corrected chi connectivity index (χ4v) is 2.47. The Balaban J connectivity index is 2.45. The number of rotatable bonds is 10. The largest absolute Gasteiger partial charge is 0.481 e. The first kappa shape index (κ1) is 17.4. The Kier molecular flexibility index (Phi) is 7.72. The molecule has 0 aliphatic heterocycles. The van der Waals surface area contributed by atoms with Gasteiger partial charge in [-0.1, -0.05) is 26.7 Å². The number of carboxylic acid groups (broad SMARTS) is 1. The molecule has 1 aromatic heterocycles. The molecule has 0 aliphatic rings. The smallest absolute Gasteiger partial charge is 0.303 e. The molecule has 1 atom stereocenters. The summed E-state index contributed by atoms with van der Waals surface area (Å²) in [6, 6.07) is 1.99. The fourth-order valence-electron chi connectivity index (χ4n) is 2.47. The second-order valence-electron chi connectivity index (χ2n) is 5.45. The molecule has 1 unspecified atom stereocenters. The maximum atomic E-state index is 10.7. The van der Waals surface area contributed by atoms with E-state index < -0.39 is 5.97 Å². The summed E-state index contributed by atoms with van der Waals surface area (Å²) in [7, 11) is 0. The molecular formula is C16H27N3O2. The van der Waals surface area contributed by atoms with Gasteiger partial charge in [-0.15, -0.1) is 0 Å². The van der Waals surface area contributed by atoms with E-state index in [0.29, 0.717) is 5.92 Å². The normalized spacial score (nSPS) is 12.1. The third-order valence-corrected chi connectivity index (χ3v) is 3.58. The van der Waals surface area contributed by atoms with E-state index in [0.717, 1.165) is 56.0 Å². The lowest BCUT2D eigenvalue weighted by atomic mass is 9.94. The molecular weight excluding hydrogens is 266 g/mol. The monoisotopic (exact) mass is 293 g/mol. The van der Waals surface area contributed by atoms with Gasteiger partial charge in [-0.2, -0.15) is 0 Å². The molecule has 5 heteroatoms. The van der Waals surface area contributed by atoms with E-state index in [9.17, 15) is 4.79 Å². The van der Waals surface area contributed by atoms with Crippen LogP contribution in [0.5, 0.6) is 0 Å². The fraction of sp³-hybridized carbons (Fsp3) is 0.688. The van der Waals surface area contributed by atoms with Crippen molar-refractivity contribution in [3.63, 3.8) is 0 Å². The highest BCUT2D eigenvalue weighted by Crippen LogP contribution is 2.18. The SMILES string of the molecule is CCCC(CCNc1cc(CC)nc(C)n1)CCC(=O)O. The lowest BCUT2D eigenvalue weighted by Gasteiger charge is -2.16. The van der Waals surface area contributed by atoms with Crippen molar-refractivity contribution in [2.24, 2.45) is 5.92 Å². The summed E-state index contributed by atoms with van der Waals surface area (Å²) in [5.74, 6) is 1.41. The maximum absolute atomic E-state index is 10.7. The predicted molar refractivity (Wildman–Crippen MR) is 84.5 cm³/mol. The van der Waals surface area contributed by atoms with Gasteiger partial charge in [-0.05, 0) is 32.1 Å². The minimum Gasteiger partial charge on any atom is -0.481 e. The molecule has 5 nitrogen and oxygen atoms in total. The molecule has 0 spiro atoms. The third-order valence-electron chi connectivity index (χ3n) is 3.58. The van der Waals surface area contributed by atoms with E-state index in [2.05, 4.69) is 29.1 Å². The molecule has 0 saturated carbocycles. The average Bonchev–Trinajstić information content (AvgIpc) is 2.44. The van der Waals surface area contributed by atoms with Gasteiger partial charge in [0, 0.05) is 24.7 Å². The molecule has 0 fully saturated rings. The minimum atomic E-state index is -0.705. The van der Waals surface area contributed by atoms with Crippen LogP contribution in [0, 0.1) is 12.8 Å². The van der Waals surface area contributed by atoms with E-state index in [-0.39, 0.29) is 6.42 Å². The van der Waals surface area contributed by atoms with Crippen molar-refractivity contribution in [2.75, 3.05) is 11.9 Å². The summed E-state index contributed by atoms with van der Waals surface area (Å²) in [4.78, 5) is 19.4. The van der Waals surface area contributed by atoms with E-state index in [1.807, 2.05) is 13.0 Å². The molecule has 1 rings (SSSR count). The highest BCUT2D eigenvalue weighted by atomic mass is 16.4. The van der Waals surface area contributed by atoms with Gasteiger partial charge < -0.3 is 10.4 Å². The van der Waals surface area contributed by atoms with E-state index in [1.54, 1.807) is 0 Å². The Morgan fingerprint density at radius 3 is 2.67 bits per heavy atom. The number of hydrogen-bond donors (Lipinski definition) is 2. The molecule has 0 aromatic carbocycles. The van der Waals surface area contributed by atoms with Crippen LogP contribution in [0.4, 0.5) is 5.82 Å². The van der Waals surface area contributed by atoms with Crippen molar-refractivity contribution in [1.82, 2.24) is 9.97 Å². The molecule has 1 aromatic rings. The number of hydrogen-bond acceptors (Lipinski definition) is 4. The zero-order valence-corrected chi connectivity index (χ0v) is 13.4. The van der Waals surface area contributed by atoms with Crippen LogP contribution in [0.3, 0.4) is 0 Å². The number of nitrogens with one attached hydrogen (secondary N) is 1. The number of aliphatic carboxylic acids is 1. The predicted octanol–water partition coefficient (Wildman–Crippen LogP) is 3.43. The third kappa shape index (κ3) is 7.06. The zero-order valence-electron chi connectivity index (χ0n) is 13.4. The second-order valence-corrected chi connectivity index (χ2v) is 5.45. The second kappa shape index (κ2) is 9.32. The molecule has 0 radical (unpaired) electrons. The van der Waals surface area contributed by atoms with Gasteiger partial charge in [0.25, 0.3) is 0 Å². The van der Waals surface area contributed by atoms with Gasteiger partial charge in [0.1, 0.15) is 11.6 Å². The van der Waals surface area contributed by atoms with E-state index in [4.69, 9.17) is 5.11 Å². The van der Waals surface area contributed by atoms with Crippen LogP contribution >= 0.6 is 0 Å². The van der Waals surface area contributed by atoms with Gasteiger partial charge in [-0.3, -0.25) is 4.79 Å². The van der Waals surface area contributed by atoms with Gasteiger partial charge in [0.05, 0.1) is 0 Å². The summed E-state index contributed by atoms with van der Waals surface area (Å²) in [5, 5.41) is 12.1. The molecule has 0 aliphatic carbocycles. The van der Waals surface area contributed by atoms with Crippen LogP contribution in [-0.2, 0) is 11.2 Å². The first-order valence-electron chi connectivity index (χ1n) is 7.85. The van der Waals surface area contributed by atoms with Crippen molar-refractivity contribution in [1.29, 1.82) is 0 Å². The van der Waals surface area contributed by atoms with Crippen LogP contribution in [0.25, 0.3) is 0 Å². The van der Waals surface area contributed by atoms with Gasteiger partial charge in [-0.25, -0.2) is 9.97 Å². The summed E-state index contributed by atoms with van der Waals surface area (Å²) >= 11 is 0. The minimum absolute atomic E-state index is 0.261. The van der Waals surface area contributed by atoms with Crippen LogP contribution in [0.15, 0.2) is 6.07 Å². The van der Waals surface area contributed by atoms with Crippen molar-refractivity contribution >= 4 is 11.8 Å². The molecule has 0 amide bonds. The topological polar surface area (TPSA) is 75.1 Å². The molecule has 0 saturated heterocycles. The maximum Gasteiger partial charge on any atom is 0.303 e. The zero-order chi connectivity index (χ0) is 15.7. The summed E-state index contributed by atoms with van der Waals surface area (Å²) < 4.78 is 0. The Hall–Kier alpha value is -1.65. The van der Waals surface area contributed by atoms with Crippen LogP contribution in [-0.4, -0.2) is 27.6 Å². The lowest BCUT2D eigenvalue weighted by Crippen LogP contribution is -2.12. The Morgan fingerprint density at radius 1 is 1.29 bits per heavy atom. The Labute approximate surface area is 127 Å². The van der Waals surface area contributed by atoms with E-state index >= 15 is 0 Å². The first-order valence-corrected chi connectivity index (χ1v) is 7.85. The first-order chi connectivity index (χ1) is 10.0. The number of carbonyl (C=O) groups is 1. The molecule has 1 heterocycles. The number of anilines is 1. The van der Waals surface area contributed by atoms with Crippen LogP contribution < -0.4 is 5.32 Å². The van der Waals surface area contributed by atoms with Crippen LogP contribution in [0.2, 0.25) is 0 Å². The van der Waals surface area contributed by atoms with Crippen molar-refractivity contribution in [3.8, 4) is 0 Å². The molecule has 0 bridgehead atoms. The summed E-state index contributed by atoms with van der Waals surface area (Å²) in [6.07, 6.45) is 5.07. The summed E-state index contributed by atoms with van der Waals surface area (Å²) in [6.45, 7) is 6.94. The van der Waals surface area contributed by atoms with Crippen molar-refractivity contribution in [2.45, 2.75) is 59.3 Å². The van der Waals surface area contributed by atoms with Crippen molar-refractivity contribution < 1.29 is 9.90 Å². The Morgan fingerprint density at radius 2 is 2.05 bits per heavy atom. The number of nitrogens with zero attached hydrogens (tertiary/aromatic N) is 2. The molecule has 21 heavy (non-hydrogen) atoms. The van der Waals surface area contributed by atoms with Crippen molar-refractivity contribution in [3.05, 3.63) is 17.6 Å². The number of carboxylic acids is 1. The average molecular weight is 293 g/mol. The quantitative estimate of drug-likeness (QED) is 0.691. The van der Waals surface area contributed by atoms with Gasteiger partial charge >= 0.3 is 5.97 Å². The number of aryl methyl sites for hydroxylation is 2. The van der Waals surface area contributed by atoms with E-state index in [1.165, 1.54) is 0 Å². The van der Waals surface area contributed by atoms with Gasteiger partial charge in [0.2, 0.25) is 0 Å². The standard InChI is InChI=1S/C16H27N3O2/c1-4-6-13(7-8-16(20)21)9-10-17-15-11-14(5-2)18-12(3)19-15/h11,13H,4-10H2,1-3H3,(H,20,21)(H,17,18,19). The highest BCUT2D eigenvalue weighted by molar-refractivity contribution is 5.66. The molecule has 118 valence electrons. The highest BCUT2D eigenvalue weighted by Gasteiger charge is 2.10. The number of aromatic nitrogens is 2. The summed E-state index contributed by atoms with van der Waals surface area (Å²) in [5.41, 5.74) is 1.04. The Bertz CT molecular complexity index is 449. The molecule has 2 N–H and O–H groups in total. The van der Waals surface area contributed by atoms with Gasteiger partial charge in [0.15, 0.2) is 0 Å².